The molecule has 0 bridgehead atoms. The highest BCUT2D eigenvalue weighted by molar-refractivity contribution is 5.78. The van der Waals surface area contributed by atoms with E-state index < -0.39 is 0 Å². The summed E-state index contributed by atoms with van der Waals surface area (Å²) >= 11 is 0. The summed E-state index contributed by atoms with van der Waals surface area (Å²) in [6.45, 7) is 0. The molecule has 4 heteroatoms. The van der Waals surface area contributed by atoms with Gasteiger partial charge in [-0.2, -0.15) is 5.26 Å². The van der Waals surface area contributed by atoms with Crippen LogP contribution in [0.1, 0.15) is 5.56 Å². The van der Waals surface area contributed by atoms with Gasteiger partial charge in [0.2, 0.25) is 0 Å². The van der Waals surface area contributed by atoms with Gasteiger partial charge in [0.15, 0.2) is 0 Å². The molecule has 0 spiro atoms. The Hall–Kier alpha value is -2.15. The summed E-state index contributed by atoms with van der Waals surface area (Å²) in [5, 5.41) is 9.40. The van der Waals surface area contributed by atoms with Crippen molar-refractivity contribution < 1.29 is 0 Å². The summed E-state index contributed by atoms with van der Waals surface area (Å²) < 4.78 is 0. The zero-order chi connectivity index (χ0) is 9.26. The summed E-state index contributed by atoms with van der Waals surface area (Å²) in [6, 6.07) is 5.12. The fourth-order valence-corrected chi connectivity index (χ4v) is 1.13. The summed E-state index contributed by atoms with van der Waals surface area (Å²) in [5.41, 5.74) is 0.396. The van der Waals surface area contributed by atoms with Crippen LogP contribution in [0, 0.1) is 11.3 Å². The molecule has 0 unspecified atom stereocenters. The molecule has 0 aromatic carbocycles. The number of hydrogen-bond acceptors (Lipinski definition) is 3. The molecule has 62 valence electrons. The Morgan fingerprint density at radius 2 is 2.38 bits per heavy atom. The van der Waals surface area contributed by atoms with Crippen LogP contribution < -0.4 is 5.56 Å². The number of nitrogens with one attached hydrogen (secondary N) is 1. The van der Waals surface area contributed by atoms with Crippen molar-refractivity contribution in [2.75, 3.05) is 0 Å². The van der Waals surface area contributed by atoms with E-state index in [1.807, 2.05) is 6.07 Å². The topological polar surface area (TPSA) is 69.5 Å². The number of aromatic nitrogens is 2. The second-order valence-electron chi connectivity index (χ2n) is 2.59. The first-order valence-electron chi connectivity index (χ1n) is 3.68. The lowest BCUT2D eigenvalue weighted by atomic mass is 10.2. The van der Waals surface area contributed by atoms with Gasteiger partial charge >= 0.3 is 0 Å². The number of fused-ring (bicyclic) bond motifs is 1. The van der Waals surface area contributed by atoms with E-state index >= 15 is 0 Å². The first-order valence-corrected chi connectivity index (χ1v) is 3.68. The Morgan fingerprint density at radius 3 is 3.15 bits per heavy atom. The third-order valence-electron chi connectivity index (χ3n) is 1.77. The third kappa shape index (κ3) is 1.16. The molecule has 0 saturated heterocycles. The SMILES string of the molecule is N#Cc1cc2ccncc2[nH]c1=O. The molecule has 2 aromatic rings. The number of nitriles is 1. The third-order valence-corrected chi connectivity index (χ3v) is 1.77. The summed E-state index contributed by atoms with van der Waals surface area (Å²) in [7, 11) is 0. The van der Waals surface area contributed by atoms with Crippen LogP contribution in [0.25, 0.3) is 10.9 Å². The van der Waals surface area contributed by atoms with Crippen LogP contribution in [0.2, 0.25) is 0 Å². The van der Waals surface area contributed by atoms with E-state index in [0.717, 1.165) is 5.39 Å². The quantitative estimate of drug-likeness (QED) is 0.637. The molecule has 0 radical (unpaired) electrons. The number of aromatic amines is 1. The Kier molecular flexibility index (Phi) is 1.57. The van der Waals surface area contributed by atoms with Crippen molar-refractivity contribution in [2.45, 2.75) is 0 Å². The van der Waals surface area contributed by atoms with Crippen LogP contribution in [0.3, 0.4) is 0 Å². The van der Waals surface area contributed by atoms with Gasteiger partial charge in [-0.1, -0.05) is 0 Å². The minimum Gasteiger partial charge on any atom is -0.319 e. The van der Waals surface area contributed by atoms with Crippen molar-refractivity contribution >= 4 is 10.9 Å². The monoisotopic (exact) mass is 171 g/mol. The molecule has 4 nitrogen and oxygen atoms in total. The van der Waals surface area contributed by atoms with Gasteiger partial charge < -0.3 is 4.98 Å². The van der Waals surface area contributed by atoms with Crippen LogP contribution in [-0.4, -0.2) is 9.97 Å². The molecule has 0 atom stereocenters. The molecule has 0 saturated carbocycles. The second kappa shape index (κ2) is 2.72. The van der Waals surface area contributed by atoms with Crippen LogP contribution in [-0.2, 0) is 0 Å². The number of nitrogens with zero attached hydrogens (tertiary/aromatic N) is 2. The van der Waals surface area contributed by atoms with E-state index in [-0.39, 0.29) is 11.1 Å². The van der Waals surface area contributed by atoms with Gasteiger partial charge in [0.25, 0.3) is 5.56 Å². The standard InChI is InChI=1S/C9H5N3O/c10-4-7-3-6-1-2-11-5-8(6)12-9(7)13/h1-3,5H,(H,12,13). The normalized spacial score (nSPS) is 9.77. The molecule has 13 heavy (non-hydrogen) atoms. The van der Waals surface area contributed by atoms with Crippen molar-refractivity contribution in [1.82, 2.24) is 9.97 Å². The Labute approximate surface area is 73.5 Å². The van der Waals surface area contributed by atoms with E-state index in [9.17, 15) is 4.79 Å². The molecule has 0 amide bonds. The van der Waals surface area contributed by atoms with Crippen molar-refractivity contribution in [3.8, 4) is 6.07 Å². The maximum atomic E-state index is 11.2. The van der Waals surface area contributed by atoms with Gasteiger partial charge in [-0.05, 0) is 12.1 Å². The van der Waals surface area contributed by atoms with E-state index in [1.165, 1.54) is 0 Å². The highest BCUT2D eigenvalue weighted by atomic mass is 16.1. The maximum absolute atomic E-state index is 11.2. The number of hydrogen-bond donors (Lipinski definition) is 1. The Bertz CT molecular complexity index is 551. The van der Waals surface area contributed by atoms with Gasteiger partial charge in [-0.15, -0.1) is 0 Å². The van der Waals surface area contributed by atoms with Gasteiger partial charge in [-0.3, -0.25) is 9.78 Å². The van der Waals surface area contributed by atoms with Crippen LogP contribution in [0.5, 0.6) is 0 Å². The number of rotatable bonds is 0. The molecular formula is C9H5N3O. The minimum atomic E-state index is -0.372. The minimum absolute atomic E-state index is 0.124. The lowest BCUT2D eigenvalue weighted by Gasteiger charge is -1.95. The molecule has 0 aliphatic carbocycles. The predicted octanol–water partition coefficient (Wildman–Crippen LogP) is 0.795. The van der Waals surface area contributed by atoms with Crippen LogP contribution in [0.4, 0.5) is 0 Å². The molecular weight excluding hydrogens is 166 g/mol. The van der Waals surface area contributed by atoms with Gasteiger partial charge in [0.05, 0.1) is 11.7 Å². The van der Waals surface area contributed by atoms with E-state index in [2.05, 4.69) is 9.97 Å². The van der Waals surface area contributed by atoms with Crippen molar-refractivity contribution in [3.05, 3.63) is 40.4 Å². The first-order chi connectivity index (χ1) is 6.31. The molecule has 2 heterocycles. The van der Waals surface area contributed by atoms with Crippen molar-refractivity contribution in [3.63, 3.8) is 0 Å². The van der Waals surface area contributed by atoms with Crippen molar-refractivity contribution in [2.24, 2.45) is 0 Å². The van der Waals surface area contributed by atoms with Gasteiger partial charge in [-0.25, -0.2) is 0 Å². The molecule has 0 fully saturated rings. The van der Waals surface area contributed by atoms with E-state index in [1.54, 1.807) is 24.5 Å². The predicted molar refractivity (Wildman–Crippen MR) is 47.1 cm³/mol. The number of H-pyrrole nitrogens is 1. The molecule has 2 rings (SSSR count). The van der Waals surface area contributed by atoms with E-state index in [4.69, 9.17) is 5.26 Å². The van der Waals surface area contributed by atoms with Crippen LogP contribution in [0.15, 0.2) is 29.3 Å². The zero-order valence-electron chi connectivity index (χ0n) is 6.61. The summed E-state index contributed by atoms with van der Waals surface area (Å²) in [4.78, 5) is 17.6. The highest BCUT2D eigenvalue weighted by Crippen LogP contribution is 2.07. The molecule has 2 aromatic heterocycles. The largest absolute Gasteiger partial charge is 0.319 e. The Morgan fingerprint density at radius 1 is 1.54 bits per heavy atom. The summed E-state index contributed by atoms with van der Waals surface area (Å²) in [6.07, 6.45) is 3.17. The lowest BCUT2D eigenvalue weighted by Crippen LogP contribution is -2.09. The summed E-state index contributed by atoms with van der Waals surface area (Å²) in [5.74, 6) is 0. The van der Waals surface area contributed by atoms with Crippen LogP contribution >= 0.6 is 0 Å². The lowest BCUT2D eigenvalue weighted by molar-refractivity contribution is 1.24. The van der Waals surface area contributed by atoms with Crippen molar-refractivity contribution in [1.29, 1.82) is 5.26 Å². The average molecular weight is 171 g/mol. The smallest absolute Gasteiger partial charge is 0.266 e. The maximum Gasteiger partial charge on any atom is 0.266 e. The second-order valence-corrected chi connectivity index (χ2v) is 2.59. The van der Waals surface area contributed by atoms with Gasteiger partial charge in [0, 0.05) is 11.6 Å². The van der Waals surface area contributed by atoms with Gasteiger partial charge in [0.1, 0.15) is 11.6 Å². The molecule has 1 N–H and O–H groups in total. The fraction of sp³-hybridized carbons (Fsp3) is 0. The fourth-order valence-electron chi connectivity index (χ4n) is 1.13. The first kappa shape index (κ1) is 7.50. The molecule has 0 aliphatic rings. The number of pyridine rings is 2. The average Bonchev–Trinajstić information content (AvgIpc) is 2.17. The molecule has 0 aliphatic heterocycles. The highest BCUT2D eigenvalue weighted by Gasteiger charge is 2.00. The van der Waals surface area contributed by atoms with E-state index in [0.29, 0.717) is 5.52 Å². The Balaban J connectivity index is 2.91. The zero-order valence-corrected chi connectivity index (χ0v) is 6.61.